The molecule has 5 heteroatoms. The molecule has 0 aliphatic rings. The Labute approximate surface area is 125 Å². The average Bonchev–Trinajstić information content (AvgIpc) is 2.45. The molecule has 0 bridgehead atoms. The molecule has 0 aliphatic heterocycles. The number of hydrogen-bond acceptors (Lipinski definition) is 3. The molecule has 0 heterocycles. The SMILES string of the molecule is COc1cccc(C(C)C(=O)N[C@@H](CC(C)C)C(=O)O)c1. The summed E-state index contributed by atoms with van der Waals surface area (Å²) in [5.74, 6) is -0.872. The Kier molecular flexibility index (Phi) is 6.21. The summed E-state index contributed by atoms with van der Waals surface area (Å²) in [6.07, 6.45) is 0.409. The average molecular weight is 293 g/mol. The summed E-state index contributed by atoms with van der Waals surface area (Å²) in [4.78, 5) is 23.4. The first-order chi connectivity index (χ1) is 9.85. The van der Waals surface area contributed by atoms with Gasteiger partial charge >= 0.3 is 5.97 Å². The lowest BCUT2D eigenvalue weighted by atomic mass is 9.98. The number of carbonyl (C=O) groups excluding carboxylic acids is 1. The molecule has 0 fully saturated rings. The maximum Gasteiger partial charge on any atom is 0.326 e. The number of carboxylic acids is 1. The number of nitrogens with one attached hydrogen (secondary N) is 1. The Balaban J connectivity index is 2.78. The highest BCUT2D eigenvalue weighted by Gasteiger charge is 2.24. The van der Waals surface area contributed by atoms with Gasteiger partial charge < -0.3 is 15.2 Å². The maximum atomic E-state index is 12.2. The summed E-state index contributed by atoms with van der Waals surface area (Å²) in [5, 5.41) is 11.8. The number of amides is 1. The monoisotopic (exact) mass is 293 g/mol. The molecule has 5 nitrogen and oxygen atoms in total. The Bertz CT molecular complexity index is 499. The van der Waals surface area contributed by atoms with E-state index in [9.17, 15) is 14.7 Å². The zero-order valence-electron chi connectivity index (χ0n) is 12.9. The number of rotatable bonds is 7. The van der Waals surface area contributed by atoms with Crippen LogP contribution >= 0.6 is 0 Å². The van der Waals surface area contributed by atoms with Crippen LogP contribution in [-0.2, 0) is 9.59 Å². The molecule has 0 aliphatic carbocycles. The van der Waals surface area contributed by atoms with Gasteiger partial charge in [-0.15, -0.1) is 0 Å². The second-order valence-corrected chi connectivity index (χ2v) is 5.53. The van der Waals surface area contributed by atoms with E-state index in [4.69, 9.17) is 4.74 Å². The molecule has 0 spiro atoms. The first-order valence-electron chi connectivity index (χ1n) is 7.02. The van der Waals surface area contributed by atoms with Crippen molar-refractivity contribution in [3.05, 3.63) is 29.8 Å². The van der Waals surface area contributed by atoms with Crippen molar-refractivity contribution in [2.75, 3.05) is 7.11 Å². The van der Waals surface area contributed by atoms with Gasteiger partial charge in [-0.3, -0.25) is 4.79 Å². The lowest BCUT2D eigenvalue weighted by molar-refractivity contribution is -0.142. The third-order valence-electron chi connectivity index (χ3n) is 3.31. The first kappa shape index (κ1) is 17.0. The quantitative estimate of drug-likeness (QED) is 0.809. The fourth-order valence-electron chi connectivity index (χ4n) is 2.05. The predicted molar refractivity (Wildman–Crippen MR) is 80.4 cm³/mol. The summed E-state index contributed by atoms with van der Waals surface area (Å²) < 4.78 is 5.13. The van der Waals surface area contributed by atoms with Gasteiger partial charge in [0.15, 0.2) is 0 Å². The third-order valence-corrected chi connectivity index (χ3v) is 3.31. The minimum atomic E-state index is -1.00. The molecule has 21 heavy (non-hydrogen) atoms. The van der Waals surface area contributed by atoms with Gasteiger partial charge in [-0.1, -0.05) is 26.0 Å². The van der Waals surface area contributed by atoms with E-state index < -0.39 is 17.9 Å². The summed E-state index contributed by atoms with van der Waals surface area (Å²) in [6, 6.07) is 6.35. The standard InChI is InChI=1S/C16H23NO4/c1-10(2)8-14(16(19)20)17-15(18)11(3)12-6-5-7-13(9-12)21-4/h5-7,9-11,14H,8H2,1-4H3,(H,17,18)(H,19,20)/t11?,14-/m0/s1. The normalized spacial score (nSPS) is 13.6. The van der Waals surface area contributed by atoms with Crippen LogP contribution in [0.3, 0.4) is 0 Å². The molecule has 2 atom stereocenters. The van der Waals surface area contributed by atoms with Crippen LogP contribution in [0.15, 0.2) is 24.3 Å². The largest absolute Gasteiger partial charge is 0.497 e. The number of methoxy groups -OCH3 is 1. The van der Waals surface area contributed by atoms with Crippen LogP contribution in [0.5, 0.6) is 5.75 Å². The van der Waals surface area contributed by atoms with Crippen LogP contribution in [0.4, 0.5) is 0 Å². The number of carboxylic acid groups (broad SMARTS) is 1. The Hall–Kier alpha value is -2.04. The van der Waals surface area contributed by atoms with Gasteiger partial charge in [-0.2, -0.15) is 0 Å². The minimum Gasteiger partial charge on any atom is -0.497 e. The van der Waals surface area contributed by atoms with E-state index >= 15 is 0 Å². The molecule has 1 rings (SSSR count). The predicted octanol–water partition coefficient (Wildman–Crippen LogP) is 2.41. The zero-order valence-corrected chi connectivity index (χ0v) is 12.9. The second-order valence-electron chi connectivity index (χ2n) is 5.53. The fraction of sp³-hybridized carbons (Fsp3) is 0.500. The van der Waals surface area contributed by atoms with Crippen LogP contribution in [-0.4, -0.2) is 30.1 Å². The molecule has 1 aromatic rings. The molecule has 0 radical (unpaired) electrons. The van der Waals surface area contributed by atoms with E-state index in [0.29, 0.717) is 12.2 Å². The molecular weight excluding hydrogens is 270 g/mol. The van der Waals surface area contributed by atoms with Gasteiger partial charge in [0, 0.05) is 0 Å². The van der Waals surface area contributed by atoms with Crippen molar-refractivity contribution in [1.29, 1.82) is 0 Å². The number of aliphatic carboxylic acids is 1. The van der Waals surface area contributed by atoms with Crippen LogP contribution in [0, 0.1) is 5.92 Å². The molecule has 1 aromatic carbocycles. The summed E-state index contributed by atoms with van der Waals surface area (Å²) in [6.45, 7) is 5.60. The van der Waals surface area contributed by atoms with Crippen molar-refractivity contribution < 1.29 is 19.4 Å². The molecule has 1 amide bonds. The van der Waals surface area contributed by atoms with E-state index in [-0.39, 0.29) is 11.8 Å². The second kappa shape index (κ2) is 7.67. The molecule has 0 saturated heterocycles. The minimum absolute atomic E-state index is 0.193. The van der Waals surface area contributed by atoms with E-state index in [0.717, 1.165) is 5.56 Å². The van der Waals surface area contributed by atoms with Crippen LogP contribution in [0.25, 0.3) is 0 Å². The van der Waals surface area contributed by atoms with Gasteiger partial charge in [0.05, 0.1) is 13.0 Å². The van der Waals surface area contributed by atoms with E-state index in [1.807, 2.05) is 19.9 Å². The Morgan fingerprint density at radius 1 is 1.29 bits per heavy atom. The van der Waals surface area contributed by atoms with Crippen molar-refractivity contribution in [3.63, 3.8) is 0 Å². The van der Waals surface area contributed by atoms with E-state index in [1.165, 1.54) is 0 Å². The lowest BCUT2D eigenvalue weighted by Crippen LogP contribution is -2.43. The van der Waals surface area contributed by atoms with Crippen LogP contribution in [0.2, 0.25) is 0 Å². The number of carbonyl (C=O) groups is 2. The molecule has 0 aromatic heterocycles. The molecule has 116 valence electrons. The Morgan fingerprint density at radius 2 is 1.95 bits per heavy atom. The third kappa shape index (κ3) is 5.10. The molecular formula is C16H23NO4. The van der Waals surface area contributed by atoms with Crippen molar-refractivity contribution in [1.82, 2.24) is 5.32 Å². The van der Waals surface area contributed by atoms with Gasteiger partial charge in [0.25, 0.3) is 0 Å². The lowest BCUT2D eigenvalue weighted by Gasteiger charge is -2.19. The summed E-state index contributed by atoms with van der Waals surface area (Å²) in [7, 11) is 1.56. The van der Waals surface area contributed by atoms with Gasteiger partial charge in [0.2, 0.25) is 5.91 Å². The number of hydrogen-bond donors (Lipinski definition) is 2. The highest BCUT2D eigenvalue weighted by Crippen LogP contribution is 2.21. The zero-order chi connectivity index (χ0) is 16.0. The van der Waals surface area contributed by atoms with Crippen LogP contribution < -0.4 is 10.1 Å². The van der Waals surface area contributed by atoms with Crippen molar-refractivity contribution in [2.24, 2.45) is 5.92 Å². The first-order valence-corrected chi connectivity index (χ1v) is 7.02. The van der Waals surface area contributed by atoms with E-state index in [1.54, 1.807) is 32.2 Å². The topological polar surface area (TPSA) is 75.6 Å². The maximum absolute atomic E-state index is 12.2. The molecule has 1 unspecified atom stereocenters. The summed E-state index contributed by atoms with van der Waals surface area (Å²) in [5.41, 5.74) is 0.792. The highest BCUT2D eigenvalue weighted by molar-refractivity contribution is 5.87. The summed E-state index contributed by atoms with van der Waals surface area (Å²) >= 11 is 0. The van der Waals surface area contributed by atoms with Crippen molar-refractivity contribution in [2.45, 2.75) is 39.2 Å². The van der Waals surface area contributed by atoms with Crippen molar-refractivity contribution in [3.8, 4) is 5.75 Å². The molecule has 2 N–H and O–H groups in total. The van der Waals surface area contributed by atoms with Crippen LogP contribution in [0.1, 0.15) is 38.7 Å². The van der Waals surface area contributed by atoms with Crippen molar-refractivity contribution >= 4 is 11.9 Å². The highest BCUT2D eigenvalue weighted by atomic mass is 16.5. The number of ether oxygens (including phenoxy) is 1. The smallest absolute Gasteiger partial charge is 0.326 e. The fourth-order valence-corrected chi connectivity index (χ4v) is 2.05. The molecule has 0 saturated carbocycles. The van der Waals surface area contributed by atoms with Gasteiger partial charge in [-0.25, -0.2) is 4.79 Å². The Morgan fingerprint density at radius 3 is 2.48 bits per heavy atom. The van der Waals surface area contributed by atoms with Gasteiger partial charge in [-0.05, 0) is 37.0 Å². The van der Waals surface area contributed by atoms with E-state index in [2.05, 4.69) is 5.32 Å². The number of benzene rings is 1. The van der Waals surface area contributed by atoms with Gasteiger partial charge in [0.1, 0.15) is 11.8 Å².